The highest BCUT2D eigenvalue weighted by molar-refractivity contribution is 5.71. The molecule has 0 saturated carbocycles. The van der Waals surface area contributed by atoms with Gasteiger partial charge in [0.25, 0.3) is 0 Å². The fourth-order valence-electron chi connectivity index (χ4n) is 1.59. The van der Waals surface area contributed by atoms with E-state index in [0.29, 0.717) is 6.61 Å². The third kappa shape index (κ3) is 3.75. The standard InChI is InChI=1S/C13H19NO3/c1-4-17-12(15)9-13(2,14)10-6-5-7-11(8-10)16-3/h5-8H,4,9,14H2,1-3H3. The van der Waals surface area contributed by atoms with Crippen LogP contribution in [0.2, 0.25) is 0 Å². The Morgan fingerprint density at radius 3 is 2.76 bits per heavy atom. The van der Waals surface area contributed by atoms with Gasteiger partial charge in [-0.3, -0.25) is 4.79 Å². The van der Waals surface area contributed by atoms with Crippen LogP contribution < -0.4 is 10.5 Å². The van der Waals surface area contributed by atoms with Crippen LogP contribution >= 0.6 is 0 Å². The number of carbonyl (C=O) groups is 1. The molecule has 0 fully saturated rings. The molecule has 0 saturated heterocycles. The van der Waals surface area contributed by atoms with E-state index in [0.717, 1.165) is 11.3 Å². The Morgan fingerprint density at radius 2 is 2.18 bits per heavy atom. The molecule has 2 N–H and O–H groups in total. The van der Waals surface area contributed by atoms with E-state index in [1.807, 2.05) is 24.3 Å². The van der Waals surface area contributed by atoms with Crippen LogP contribution in [0.1, 0.15) is 25.8 Å². The third-order valence-corrected chi connectivity index (χ3v) is 2.55. The number of benzene rings is 1. The maximum atomic E-state index is 11.5. The van der Waals surface area contributed by atoms with E-state index >= 15 is 0 Å². The van der Waals surface area contributed by atoms with Crippen molar-refractivity contribution in [1.82, 2.24) is 0 Å². The zero-order chi connectivity index (χ0) is 12.9. The summed E-state index contributed by atoms with van der Waals surface area (Å²) in [7, 11) is 1.60. The number of carbonyl (C=O) groups excluding carboxylic acids is 1. The Kier molecular flexibility index (Phi) is 4.52. The van der Waals surface area contributed by atoms with Crippen LogP contribution in [0.4, 0.5) is 0 Å². The molecule has 1 atom stereocenters. The fraction of sp³-hybridized carbons (Fsp3) is 0.462. The first-order chi connectivity index (χ1) is 7.99. The van der Waals surface area contributed by atoms with Gasteiger partial charge in [-0.2, -0.15) is 0 Å². The van der Waals surface area contributed by atoms with Gasteiger partial charge in [-0.15, -0.1) is 0 Å². The molecule has 1 rings (SSSR count). The number of hydrogen-bond acceptors (Lipinski definition) is 4. The molecule has 17 heavy (non-hydrogen) atoms. The summed E-state index contributed by atoms with van der Waals surface area (Å²) in [6.07, 6.45) is 0.147. The zero-order valence-corrected chi connectivity index (χ0v) is 10.5. The minimum absolute atomic E-state index is 0.147. The van der Waals surface area contributed by atoms with E-state index in [1.165, 1.54) is 0 Å². The lowest BCUT2D eigenvalue weighted by molar-refractivity contribution is -0.144. The van der Waals surface area contributed by atoms with E-state index in [4.69, 9.17) is 15.2 Å². The first-order valence-corrected chi connectivity index (χ1v) is 5.58. The summed E-state index contributed by atoms with van der Waals surface area (Å²) in [5.74, 6) is 0.434. The van der Waals surface area contributed by atoms with Crippen LogP contribution in [-0.2, 0) is 15.1 Å². The van der Waals surface area contributed by atoms with Crippen molar-refractivity contribution < 1.29 is 14.3 Å². The summed E-state index contributed by atoms with van der Waals surface area (Å²) < 4.78 is 10.0. The first-order valence-electron chi connectivity index (χ1n) is 5.58. The Labute approximate surface area is 102 Å². The van der Waals surface area contributed by atoms with Crippen LogP contribution in [0, 0.1) is 0 Å². The lowest BCUT2D eigenvalue weighted by Crippen LogP contribution is -2.36. The molecule has 1 aromatic carbocycles. The van der Waals surface area contributed by atoms with Crippen LogP contribution in [0.3, 0.4) is 0 Å². The van der Waals surface area contributed by atoms with Gasteiger partial charge in [-0.05, 0) is 31.5 Å². The van der Waals surface area contributed by atoms with Gasteiger partial charge in [0.2, 0.25) is 0 Å². The molecule has 0 aliphatic rings. The van der Waals surface area contributed by atoms with Crippen molar-refractivity contribution in [2.45, 2.75) is 25.8 Å². The summed E-state index contributed by atoms with van der Waals surface area (Å²) in [6, 6.07) is 7.40. The molecule has 0 bridgehead atoms. The second-order valence-corrected chi connectivity index (χ2v) is 4.13. The molecule has 0 aromatic heterocycles. The lowest BCUT2D eigenvalue weighted by Gasteiger charge is -2.24. The summed E-state index contributed by atoms with van der Waals surface area (Å²) in [5.41, 5.74) is 6.24. The van der Waals surface area contributed by atoms with Gasteiger partial charge in [-0.25, -0.2) is 0 Å². The summed E-state index contributed by atoms with van der Waals surface area (Å²) in [5, 5.41) is 0. The SMILES string of the molecule is CCOC(=O)CC(C)(N)c1cccc(OC)c1. The molecule has 1 aromatic rings. The third-order valence-electron chi connectivity index (χ3n) is 2.55. The zero-order valence-electron chi connectivity index (χ0n) is 10.5. The average Bonchev–Trinajstić information content (AvgIpc) is 2.28. The number of nitrogens with two attached hydrogens (primary N) is 1. The van der Waals surface area contributed by atoms with Gasteiger partial charge in [0.05, 0.1) is 20.1 Å². The Balaban J connectivity index is 2.84. The van der Waals surface area contributed by atoms with Crippen molar-refractivity contribution in [3.8, 4) is 5.75 Å². The summed E-state index contributed by atoms with van der Waals surface area (Å²) in [4.78, 5) is 11.5. The quantitative estimate of drug-likeness (QED) is 0.793. The van der Waals surface area contributed by atoms with Crippen molar-refractivity contribution in [2.75, 3.05) is 13.7 Å². The molecule has 0 spiro atoms. The molecular weight excluding hydrogens is 218 g/mol. The smallest absolute Gasteiger partial charge is 0.307 e. The summed E-state index contributed by atoms with van der Waals surface area (Å²) >= 11 is 0. The van der Waals surface area contributed by atoms with Gasteiger partial charge < -0.3 is 15.2 Å². The highest BCUT2D eigenvalue weighted by atomic mass is 16.5. The van der Waals surface area contributed by atoms with Gasteiger partial charge in [0, 0.05) is 5.54 Å². The lowest BCUT2D eigenvalue weighted by atomic mass is 9.90. The molecule has 0 amide bonds. The van der Waals surface area contributed by atoms with Crippen molar-refractivity contribution in [1.29, 1.82) is 0 Å². The van der Waals surface area contributed by atoms with Gasteiger partial charge in [0.1, 0.15) is 5.75 Å². The van der Waals surface area contributed by atoms with E-state index in [1.54, 1.807) is 21.0 Å². The molecule has 0 aliphatic carbocycles. The normalized spacial score (nSPS) is 13.9. The molecule has 94 valence electrons. The van der Waals surface area contributed by atoms with Gasteiger partial charge in [0.15, 0.2) is 0 Å². The van der Waals surface area contributed by atoms with Crippen molar-refractivity contribution >= 4 is 5.97 Å². The Bertz CT molecular complexity index is 388. The minimum atomic E-state index is -0.749. The predicted octanol–water partition coefficient (Wildman–Crippen LogP) is 1.82. The summed E-state index contributed by atoms with van der Waals surface area (Å²) in [6.45, 7) is 3.95. The number of methoxy groups -OCH3 is 1. The molecule has 0 heterocycles. The van der Waals surface area contributed by atoms with Crippen molar-refractivity contribution in [3.05, 3.63) is 29.8 Å². The Hall–Kier alpha value is -1.55. The second-order valence-electron chi connectivity index (χ2n) is 4.13. The van der Waals surface area contributed by atoms with Crippen LogP contribution in [0.5, 0.6) is 5.75 Å². The maximum absolute atomic E-state index is 11.5. The number of rotatable bonds is 5. The monoisotopic (exact) mass is 237 g/mol. The van der Waals surface area contributed by atoms with Crippen molar-refractivity contribution in [3.63, 3.8) is 0 Å². The van der Waals surface area contributed by atoms with Gasteiger partial charge >= 0.3 is 5.97 Å². The minimum Gasteiger partial charge on any atom is -0.497 e. The topological polar surface area (TPSA) is 61.5 Å². The van der Waals surface area contributed by atoms with E-state index in [9.17, 15) is 4.79 Å². The molecule has 0 aliphatic heterocycles. The van der Waals surface area contributed by atoms with E-state index in [-0.39, 0.29) is 12.4 Å². The first kappa shape index (κ1) is 13.5. The number of esters is 1. The molecule has 4 nitrogen and oxygen atoms in total. The fourth-order valence-corrected chi connectivity index (χ4v) is 1.59. The molecular formula is C13H19NO3. The second kappa shape index (κ2) is 5.68. The largest absolute Gasteiger partial charge is 0.497 e. The predicted molar refractivity (Wildman–Crippen MR) is 65.8 cm³/mol. The molecule has 4 heteroatoms. The van der Waals surface area contributed by atoms with Crippen LogP contribution in [-0.4, -0.2) is 19.7 Å². The highest BCUT2D eigenvalue weighted by Crippen LogP contribution is 2.25. The van der Waals surface area contributed by atoms with Crippen molar-refractivity contribution in [2.24, 2.45) is 5.73 Å². The maximum Gasteiger partial charge on any atom is 0.307 e. The average molecular weight is 237 g/mol. The van der Waals surface area contributed by atoms with E-state index in [2.05, 4.69) is 0 Å². The van der Waals surface area contributed by atoms with Gasteiger partial charge in [-0.1, -0.05) is 12.1 Å². The van der Waals surface area contributed by atoms with E-state index < -0.39 is 5.54 Å². The van der Waals surface area contributed by atoms with Crippen LogP contribution in [0.25, 0.3) is 0 Å². The number of hydrogen-bond donors (Lipinski definition) is 1. The molecule has 1 unspecified atom stereocenters. The highest BCUT2D eigenvalue weighted by Gasteiger charge is 2.25. The number of ether oxygens (including phenoxy) is 2. The van der Waals surface area contributed by atoms with Crippen LogP contribution in [0.15, 0.2) is 24.3 Å². The molecule has 0 radical (unpaired) electrons. The Morgan fingerprint density at radius 1 is 1.47 bits per heavy atom.